The fraction of sp³-hybridized carbons (Fsp3) is 0.500. The van der Waals surface area contributed by atoms with E-state index in [1.807, 2.05) is 13.8 Å². The molecule has 0 bridgehead atoms. The summed E-state index contributed by atoms with van der Waals surface area (Å²) in [7, 11) is 0. The molecule has 90 valence electrons. The van der Waals surface area contributed by atoms with Crippen LogP contribution in [0.2, 0.25) is 5.02 Å². The first-order chi connectivity index (χ1) is 7.69. The van der Waals surface area contributed by atoms with Gasteiger partial charge in [-0.25, -0.2) is 0 Å². The highest BCUT2D eigenvalue weighted by atomic mass is 35.5. The molecule has 0 saturated carbocycles. The van der Waals surface area contributed by atoms with Gasteiger partial charge in [0.2, 0.25) is 0 Å². The zero-order valence-corrected chi connectivity index (χ0v) is 10.5. The summed E-state index contributed by atoms with van der Waals surface area (Å²) in [4.78, 5) is 0. The summed E-state index contributed by atoms with van der Waals surface area (Å²) < 4.78 is 10.9. The molecule has 2 N–H and O–H groups in total. The summed E-state index contributed by atoms with van der Waals surface area (Å²) >= 11 is 6.06. The van der Waals surface area contributed by atoms with Gasteiger partial charge in [0.15, 0.2) is 0 Å². The van der Waals surface area contributed by atoms with Crippen LogP contribution in [0, 0.1) is 0 Å². The number of anilines is 1. The van der Waals surface area contributed by atoms with Crippen molar-refractivity contribution in [3.05, 3.63) is 17.2 Å². The molecule has 0 spiro atoms. The van der Waals surface area contributed by atoms with Gasteiger partial charge >= 0.3 is 0 Å². The minimum atomic E-state index is 0.536. The smallest absolute Gasteiger partial charge is 0.143 e. The predicted octanol–water partition coefficient (Wildman–Crippen LogP) is 3.50. The average Bonchev–Trinajstić information content (AvgIpc) is 2.28. The molecular formula is C12H18ClNO2. The molecule has 0 fully saturated rings. The standard InChI is InChI=1S/C12H18ClNO2/c1-3-5-15-11-8-10(14)12(7-9(11)13)16-6-4-2/h7-8H,3-6,14H2,1-2H3. The lowest BCUT2D eigenvalue weighted by molar-refractivity contribution is 0.310. The number of benzene rings is 1. The van der Waals surface area contributed by atoms with Crippen molar-refractivity contribution >= 4 is 17.3 Å². The van der Waals surface area contributed by atoms with Crippen LogP contribution in [-0.4, -0.2) is 13.2 Å². The van der Waals surface area contributed by atoms with Crippen LogP contribution in [0.15, 0.2) is 12.1 Å². The first-order valence-electron chi connectivity index (χ1n) is 5.53. The van der Waals surface area contributed by atoms with Crippen molar-refractivity contribution in [2.45, 2.75) is 26.7 Å². The van der Waals surface area contributed by atoms with Gasteiger partial charge in [-0.05, 0) is 12.8 Å². The van der Waals surface area contributed by atoms with E-state index in [2.05, 4.69) is 0 Å². The Bertz CT molecular complexity index is 308. The Morgan fingerprint density at radius 3 is 2.19 bits per heavy atom. The molecule has 0 aliphatic carbocycles. The van der Waals surface area contributed by atoms with E-state index in [0.29, 0.717) is 35.4 Å². The summed E-state index contributed by atoms with van der Waals surface area (Å²) in [5, 5.41) is 0.536. The highest BCUT2D eigenvalue weighted by Crippen LogP contribution is 2.34. The third-order valence-corrected chi connectivity index (χ3v) is 2.28. The number of halogens is 1. The van der Waals surface area contributed by atoms with E-state index in [-0.39, 0.29) is 0 Å². The van der Waals surface area contributed by atoms with Crippen molar-refractivity contribution in [2.24, 2.45) is 0 Å². The third kappa shape index (κ3) is 3.49. The van der Waals surface area contributed by atoms with Gasteiger partial charge in [0, 0.05) is 12.1 Å². The van der Waals surface area contributed by atoms with E-state index in [4.69, 9.17) is 26.8 Å². The second kappa shape index (κ2) is 6.48. The van der Waals surface area contributed by atoms with Crippen LogP contribution in [0.25, 0.3) is 0 Å². The normalized spacial score (nSPS) is 10.2. The van der Waals surface area contributed by atoms with Gasteiger partial charge in [0.1, 0.15) is 11.5 Å². The van der Waals surface area contributed by atoms with Crippen molar-refractivity contribution in [1.29, 1.82) is 0 Å². The van der Waals surface area contributed by atoms with Gasteiger partial charge in [-0.15, -0.1) is 0 Å². The second-order valence-electron chi connectivity index (χ2n) is 3.52. The summed E-state index contributed by atoms with van der Waals surface area (Å²) in [5.41, 5.74) is 6.40. The largest absolute Gasteiger partial charge is 0.492 e. The van der Waals surface area contributed by atoms with Gasteiger partial charge in [-0.1, -0.05) is 25.4 Å². The Labute approximate surface area is 101 Å². The van der Waals surface area contributed by atoms with Crippen LogP contribution in [0.3, 0.4) is 0 Å². The lowest BCUT2D eigenvalue weighted by atomic mass is 10.2. The highest BCUT2D eigenvalue weighted by Gasteiger charge is 2.08. The number of ether oxygens (including phenoxy) is 2. The van der Waals surface area contributed by atoms with E-state index >= 15 is 0 Å². The Balaban J connectivity index is 2.79. The molecule has 1 rings (SSSR count). The summed E-state index contributed by atoms with van der Waals surface area (Å²) in [6, 6.07) is 3.42. The maximum Gasteiger partial charge on any atom is 0.143 e. The lowest BCUT2D eigenvalue weighted by Gasteiger charge is -2.12. The molecule has 0 aliphatic heterocycles. The molecule has 4 heteroatoms. The Morgan fingerprint density at radius 2 is 1.62 bits per heavy atom. The van der Waals surface area contributed by atoms with Crippen molar-refractivity contribution in [3.63, 3.8) is 0 Å². The summed E-state index contributed by atoms with van der Waals surface area (Å²) in [5.74, 6) is 1.24. The van der Waals surface area contributed by atoms with Crippen molar-refractivity contribution in [1.82, 2.24) is 0 Å². The topological polar surface area (TPSA) is 44.5 Å². The predicted molar refractivity (Wildman–Crippen MR) is 67.4 cm³/mol. The molecule has 0 heterocycles. The van der Waals surface area contributed by atoms with Gasteiger partial charge in [0.05, 0.1) is 23.9 Å². The molecule has 1 aromatic rings. The van der Waals surface area contributed by atoms with Crippen LogP contribution < -0.4 is 15.2 Å². The molecule has 0 aromatic heterocycles. The number of rotatable bonds is 6. The Hall–Kier alpha value is -1.09. The van der Waals surface area contributed by atoms with Gasteiger partial charge in [0.25, 0.3) is 0 Å². The number of hydrogen-bond acceptors (Lipinski definition) is 3. The zero-order chi connectivity index (χ0) is 12.0. The first kappa shape index (κ1) is 13.0. The van der Waals surface area contributed by atoms with Crippen molar-refractivity contribution < 1.29 is 9.47 Å². The molecule has 0 radical (unpaired) electrons. The van der Waals surface area contributed by atoms with E-state index in [1.165, 1.54) is 0 Å². The molecule has 0 unspecified atom stereocenters. The van der Waals surface area contributed by atoms with Gasteiger partial charge in [-0.2, -0.15) is 0 Å². The number of hydrogen-bond donors (Lipinski definition) is 1. The van der Waals surface area contributed by atoms with Crippen molar-refractivity contribution in [3.8, 4) is 11.5 Å². The summed E-state index contributed by atoms with van der Waals surface area (Å²) in [6.45, 7) is 5.34. The number of nitrogens with two attached hydrogens (primary N) is 1. The lowest BCUT2D eigenvalue weighted by Crippen LogP contribution is -2.01. The van der Waals surface area contributed by atoms with Crippen LogP contribution in [0.4, 0.5) is 5.69 Å². The molecule has 0 amide bonds. The number of nitrogen functional groups attached to an aromatic ring is 1. The molecule has 0 saturated heterocycles. The molecule has 1 aromatic carbocycles. The average molecular weight is 244 g/mol. The fourth-order valence-electron chi connectivity index (χ4n) is 1.21. The molecule has 3 nitrogen and oxygen atoms in total. The van der Waals surface area contributed by atoms with E-state index < -0.39 is 0 Å². The van der Waals surface area contributed by atoms with E-state index in [0.717, 1.165) is 12.8 Å². The van der Waals surface area contributed by atoms with Crippen LogP contribution in [0.1, 0.15) is 26.7 Å². The fourth-order valence-corrected chi connectivity index (χ4v) is 1.42. The maximum absolute atomic E-state index is 6.06. The van der Waals surface area contributed by atoms with Gasteiger partial charge in [-0.3, -0.25) is 0 Å². The molecule has 0 atom stereocenters. The Kier molecular flexibility index (Phi) is 5.26. The zero-order valence-electron chi connectivity index (χ0n) is 9.75. The third-order valence-electron chi connectivity index (χ3n) is 1.99. The van der Waals surface area contributed by atoms with E-state index in [9.17, 15) is 0 Å². The van der Waals surface area contributed by atoms with Crippen LogP contribution >= 0.6 is 11.6 Å². The monoisotopic (exact) mass is 243 g/mol. The molecule has 0 aliphatic rings. The minimum absolute atomic E-state index is 0.536. The molecular weight excluding hydrogens is 226 g/mol. The van der Waals surface area contributed by atoms with Crippen LogP contribution in [0.5, 0.6) is 11.5 Å². The molecule has 16 heavy (non-hydrogen) atoms. The van der Waals surface area contributed by atoms with Crippen molar-refractivity contribution in [2.75, 3.05) is 18.9 Å². The van der Waals surface area contributed by atoms with Crippen LogP contribution in [-0.2, 0) is 0 Å². The van der Waals surface area contributed by atoms with Gasteiger partial charge < -0.3 is 15.2 Å². The second-order valence-corrected chi connectivity index (χ2v) is 3.92. The first-order valence-corrected chi connectivity index (χ1v) is 5.91. The Morgan fingerprint density at radius 1 is 1.06 bits per heavy atom. The quantitative estimate of drug-likeness (QED) is 0.778. The summed E-state index contributed by atoms with van der Waals surface area (Å²) in [6.07, 6.45) is 1.87. The SMILES string of the molecule is CCCOc1cc(Cl)c(OCCC)cc1N. The highest BCUT2D eigenvalue weighted by molar-refractivity contribution is 6.32. The minimum Gasteiger partial charge on any atom is -0.492 e. The maximum atomic E-state index is 6.06. The van der Waals surface area contributed by atoms with E-state index in [1.54, 1.807) is 12.1 Å².